The fourth-order valence-electron chi connectivity index (χ4n) is 2.01. The smallest absolute Gasteiger partial charge is 0.358 e. The van der Waals surface area contributed by atoms with E-state index in [-0.39, 0.29) is 5.69 Å². The predicted octanol–water partition coefficient (Wildman–Crippen LogP) is 0.984. The standard InChI is InChI=1S/C11H16N2O4/c1-16-8-2-4-13(5-3-8)7-9-6-10(11(14)15)12-17-9/h6,8H,2-5,7H2,1H3,(H,14,15). The van der Waals surface area contributed by atoms with Crippen molar-refractivity contribution in [3.8, 4) is 0 Å². The van der Waals surface area contributed by atoms with Gasteiger partial charge in [-0.3, -0.25) is 4.90 Å². The summed E-state index contributed by atoms with van der Waals surface area (Å²) in [5, 5.41) is 12.2. The van der Waals surface area contributed by atoms with Crippen molar-refractivity contribution >= 4 is 5.97 Å². The van der Waals surface area contributed by atoms with Crippen LogP contribution in [0.3, 0.4) is 0 Å². The summed E-state index contributed by atoms with van der Waals surface area (Å²) in [6.45, 7) is 2.47. The highest BCUT2D eigenvalue weighted by molar-refractivity contribution is 5.85. The topological polar surface area (TPSA) is 75.8 Å². The van der Waals surface area contributed by atoms with Gasteiger partial charge in [0.2, 0.25) is 0 Å². The molecule has 6 heteroatoms. The van der Waals surface area contributed by atoms with Gasteiger partial charge < -0.3 is 14.4 Å². The zero-order valence-electron chi connectivity index (χ0n) is 9.76. The van der Waals surface area contributed by atoms with Gasteiger partial charge in [-0.25, -0.2) is 4.79 Å². The lowest BCUT2D eigenvalue weighted by Crippen LogP contribution is -2.36. The van der Waals surface area contributed by atoms with Crippen LogP contribution in [-0.4, -0.2) is 47.4 Å². The van der Waals surface area contributed by atoms with Gasteiger partial charge in [0.1, 0.15) is 0 Å². The van der Waals surface area contributed by atoms with E-state index in [9.17, 15) is 4.79 Å². The number of methoxy groups -OCH3 is 1. The van der Waals surface area contributed by atoms with Crippen LogP contribution in [0.15, 0.2) is 10.6 Å². The fourth-order valence-corrected chi connectivity index (χ4v) is 2.01. The molecular formula is C11H16N2O4. The molecule has 0 spiro atoms. The molecule has 2 rings (SSSR count). The molecule has 0 radical (unpaired) electrons. The number of carbonyl (C=O) groups is 1. The van der Waals surface area contributed by atoms with Gasteiger partial charge in [0.15, 0.2) is 11.5 Å². The summed E-state index contributed by atoms with van der Waals surface area (Å²) in [6, 6.07) is 1.48. The molecule has 0 bridgehead atoms. The van der Waals surface area contributed by atoms with E-state index < -0.39 is 5.97 Å². The summed E-state index contributed by atoms with van der Waals surface area (Å²) in [4.78, 5) is 12.8. The molecule has 1 aliphatic heterocycles. The van der Waals surface area contributed by atoms with Crippen LogP contribution in [0, 0.1) is 0 Å². The Labute approximate surface area is 99.1 Å². The highest BCUT2D eigenvalue weighted by atomic mass is 16.5. The summed E-state index contributed by atoms with van der Waals surface area (Å²) in [7, 11) is 1.73. The van der Waals surface area contributed by atoms with E-state index in [1.807, 2.05) is 0 Å². The third kappa shape index (κ3) is 3.04. The molecule has 94 valence electrons. The maximum absolute atomic E-state index is 10.6. The van der Waals surface area contributed by atoms with Crippen molar-refractivity contribution in [2.45, 2.75) is 25.5 Å². The second-order valence-corrected chi connectivity index (χ2v) is 4.19. The van der Waals surface area contributed by atoms with Crippen LogP contribution in [-0.2, 0) is 11.3 Å². The molecule has 2 heterocycles. The minimum atomic E-state index is -1.06. The summed E-state index contributed by atoms with van der Waals surface area (Å²) in [6.07, 6.45) is 2.34. The van der Waals surface area contributed by atoms with Gasteiger partial charge in [0.25, 0.3) is 0 Å². The number of hydrogen-bond acceptors (Lipinski definition) is 5. The zero-order chi connectivity index (χ0) is 12.3. The first-order valence-electron chi connectivity index (χ1n) is 5.63. The van der Waals surface area contributed by atoms with Gasteiger partial charge in [0.05, 0.1) is 12.6 Å². The Hall–Kier alpha value is -1.40. The fraction of sp³-hybridized carbons (Fsp3) is 0.636. The Bertz CT molecular complexity index is 383. The Morgan fingerprint density at radius 1 is 1.65 bits per heavy atom. The lowest BCUT2D eigenvalue weighted by Gasteiger charge is -2.30. The molecule has 1 aromatic heterocycles. The molecular weight excluding hydrogens is 224 g/mol. The highest BCUT2D eigenvalue weighted by Gasteiger charge is 2.20. The second kappa shape index (κ2) is 5.29. The molecule has 1 aromatic rings. The van der Waals surface area contributed by atoms with Crippen molar-refractivity contribution in [2.24, 2.45) is 0 Å². The number of aromatic carboxylic acids is 1. The monoisotopic (exact) mass is 240 g/mol. The third-order valence-corrected chi connectivity index (χ3v) is 3.03. The number of piperidine rings is 1. The zero-order valence-corrected chi connectivity index (χ0v) is 9.76. The minimum absolute atomic E-state index is 0.0354. The van der Waals surface area contributed by atoms with Crippen LogP contribution < -0.4 is 0 Å². The number of aromatic nitrogens is 1. The van der Waals surface area contributed by atoms with Crippen LogP contribution in [0.1, 0.15) is 29.1 Å². The predicted molar refractivity (Wildman–Crippen MR) is 58.8 cm³/mol. The van der Waals surface area contributed by atoms with Crippen LogP contribution in [0.5, 0.6) is 0 Å². The maximum atomic E-state index is 10.6. The molecule has 0 amide bonds. The lowest BCUT2D eigenvalue weighted by molar-refractivity contribution is 0.0364. The van der Waals surface area contributed by atoms with Gasteiger partial charge in [-0.15, -0.1) is 0 Å². The van der Waals surface area contributed by atoms with Gasteiger partial charge in [0, 0.05) is 26.3 Å². The largest absolute Gasteiger partial charge is 0.476 e. The molecule has 0 aliphatic carbocycles. The van der Waals surface area contributed by atoms with Crippen LogP contribution in [0.4, 0.5) is 0 Å². The van der Waals surface area contributed by atoms with Crippen molar-refractivity contribution < 1.29 is 19.2 Å². The van der Waals surface area contributed by atoms with Gasteiger partial charge >= 0.3 is 5.97 Å². The molecule has 0 saturated carbocycles. The number of likely N-dealkylation sites (tertiary alicyclic amines) is 1. The Morgan fingerprint density at radius 3 is 2.88 bits per heavy atom. The first-order chi connectivity index (χ1) is 8.19. The van der Waals surface area contributed by atoms with Gasteiger partial charge in [-0.05, 0) is 12.8 Å². The van der Waals surface area contributed by atoms with E-state index >= 15 is 0 Å². The maximum Gasteiger partial charge on any atom is 0.358 e. The molecule has 0 aromatic carbocycles. The molecule has 1 aliphatic rings. The number of rotatable bonds is 4. The Morgan fingerprint density at radius 2 is 2.35 bits per heavy atom. The normalized spacial score (nSPS) is 18.4. The summed E-state index contributed by atoms with van der Waals surface area (Å²) in [5.41, 5.74) is -0.0354. The van der Waals surface area contributed by atoms with Gasteiger partial charge in [-0.2, -0.15) is 0 Å². The van der Waals surface area contributed by atoms with Crippen LogP contribution in [0.25, 0.3) is 0 Å². The molecule has 17 heavy (non-hydrogen) atoms. The quantitative estimate of drug-likeness (QED) is 0.845. The Kier molecular flexibility index (Phi) is 3.75. The lowest BCUT2D eigenvalue weighted by atomic mass is 10.1. The van der Waals surface area contributed by atoms with E-state index in [4.69, 9.17) is 14.4 Å². The number of carboxylic acid groups (broad SMARTS) is 1. The first-order valence-corrected chi connectivity index (χ1v) is 5.63. The number of nitrogens with zero attached hydrogens (tertiary/aromatic N) is 2. The van der Waals surface area contributed by atoms with E-state index in [1.54, 1.807) is 7.11 Å². The van der Waals surface area contributed by atoms with Crippen molar-refractivity contribution in [1.29, 1.82) is 0 Å². The summed E-state index contributed by atoms with van der Waals surface area (Å²) in [5.74, 6) is -0.462. The minimum Gasteiger partial charge on any atom is -0.476 e. The number of carboxylic acids is 1. The van der Waals surface area contributed by atoms with E-state index in [0.29, 0.717) is 18.4 Å². The van der Waals surface area contributed by atoms with E-state index in [2.05, 4.69) is 10.1 Å². The summed E-state index contributed by atoms with van der Waals surface area (Å²) >= 11 is 0. The highest BCUT2D eigenvalue weighted by Crippen LogP contribution is 2.16. The van der Waals surface area contributed by atoms with Crippen molar-refractivity contribution in [1.82, 2.24) is 10.1 Å². The van der Waals surface area contributed by atoms with Crippen LogP contribution in [0.2, 0.25) is 0 Å². The second-order valence-electron chi connectivity index (χ2n) is 4.19. The molecule has 0 atom stereocenters. The average Bonchev–Trinajstić information content (AvgIpc) is 2.79. The average molecular weight is 240 g/mol. The Balaban J connectivity index is 1.86. The van der Waals surface area contributed by atoms with E-state index in [0.717, 1.165) is 25.9 Å². The molecule has 1 saturated heterocycles. The number of ether oxygens (including phenoxy) is 1. The summed E-state index contributed by atoms with van der Waals surface area (Å²) < 4.78 is 10.3. The van der Waals surface area contributed by atoms with E-state index in [1.165, 1.54) is 6.07 Å². The third-order valence-electron chi connectivity index (χ3n) is 3.03. The molecule has 6 nitrogen and oxygen atoms in total. The van der Waals surface area contributed by atoms with Crippen molar-refractivity contribution in [2.75, 3.05) is 20.2 Å². The molecule has 0 unspecified atom stereocenters. The molecule has 1 fully saturated rings. The SMILES string of the molecule is COC1CCN(Cc2cc(C(=O)O)no2)CC1. The van der Waals surface area contributed by atoms with Crippen molar-refractivity contribution in [3.63, 3.8) is 0 Å². The molecule has 1 N–H and O–H groups in total. The van der Waals surface area contributed by atoms with Crippen molar-refractivity contribution in [3.05, 3.63) is 17.5 Å². The van der Waals surface area contributed by atoms with Gasteiger partial charge in [-0.1, -0.05) is 5.16 Å². The van der Waals surface area contributed by atoms with Crippen LogP contribution >= 0.6 is 0 Å². The first kappa shape index (κ1) is 12.1. The number of hydrogen-bond donors (Lipinski definition) is 1.